The summed E-state index contributed by atoms with van der Waals surface area (Å²) < 4.78 is 123. The Morgan fingerprint density at radius 3 is 1.50 bits per heavy atom. The van der Waals surface area contributed by atoms with Gasteiger partial charge in [0.15, 0.2) is 0 Å². The molecule has 0 aromatic heterocycles. The summed E-state index contributed by atoms with van der Waals surface area (Å²) in [6.45, 7) is 8.76. The van der Waals surface area contributed by atoms with Crippen LogP contribution in [0.3, 0.4) is 0 Å². The van der Waals surface area contributed by atoms with E-state index < -0.39 is 56.0 Å². The first-order chi connectivity index (χ1) is 20.3. The molecule has 2 atom stereocenters. The van der Waals surface area contributed by atoms with Gasteiger partial charge >= 0.3 is 22.5 Å². The Bertz CT molecular complexity index is 1730. The summed E-state index contributed by atoms with van der Waals surface area (Å²) in [6, 6.07) is 16.1. The van der Waals surface area contributed by atoms with Crippen molar-refractivity contribution in [3.63, 3.8) is 0 Å². The fourth-order valence-electron chi connectivity index (χ4n) is 6.07. The molecule has 0 saturated carbocycles. The number of nitrogens with zero attached hydrogens (tertiary/aromatic N) is 1. The van der Waals surface area contributed by atoms with Gasteiger partial charge in [0.25, 0.3) is 0 Å². The van der Waals surface area contributed by atoms with Crippen molar-refractivity contribution in [2.45, 2.75) is 70.6 Å². The molecule has 0 radical (unpaired) electrons. The zero-order valence-corrected chi connectivity index (χ0v) is 25.7. The van der Waals surface area contributed by atoms with Crippen LogP contribution in [0.2, 0.25) is 0 Å². The van der Waals surface area contributed by atoms with Gasteiger partial charge in [-0.1, -0.05) is 76.9 Å². The molecule has 11 heteroatoms. The first-order valence-corrected chi connectivity index (χ1v) is 15.0. The van der Waals surface area contributed by atoms with Crippen LogP contribution < -0.4 is 0 Å². The van der Waals surface area contributed by atoms with Gasteiger partial charge in [-0.3, -0.25) is 4.28 Å². The SMILES string of the molecule is Cc1cc(C)c(C(C(=NOS(=O)(=O)c2cccc3ccccc23)C(c2c(C)cc(C)cc2C)C(F)(F)F)C(F)(F)F)c(C)c1. The second kappa shape index (κ2) is 11.9. The summed E-state index contributed by atoms with van der Waals surface area (Å²) in [6.07, 6.45) is -10.6. The third kappa shape index (κ3) is 6.62. The third-order valence-corrected chi connectivity index (χ3v) is 8.72. The van der Waals surface area contributed by atoms with Crippen molar-refractivity contribution in [2.75, 3.05) is 0 Å². The fourth-order valence-corrected chi connectivity index (χ4v) is 7.03. The van der Waals surface area contributed by atoms with E-state index in [0.717, 1.165) is 6.07 Å². The van der Waals surface area contributed by atoms with Crippen LogP contribution in [0.4, 0.5) is 26.3 Å². The molecular weight excluding hydrogens is 604 g/mol. The average Bonchev–Trinajstić information content (AvgIpc) is 2.88. The van der Waals surface area contributed by atoms with Gasteiger partial charge < -0.3 is 0 Å². The van der Waals surface area contributed by atoms with E-state index in [1.54, 1.807) is 38.1 Å². The maximum absolute atomic E-state index is 15.1. The molecule has 0 spiro atoms. The molecule has 0 aliphatic rings. The van der Waals surface area contributed by atoms with E-state index in [4.69, 9.17) is 4.28 Å². The number of aryl methyl sites for hydroxylation is 6. The van der Waals surface area contributed by atoms with Crippen LogP contribution >= 0.6 is 0 Å². The quantitative estimate of drug-likeness (QED) is 0.116. The van der Waals surface area contributed by atoms with Gasteiger partial charge in [0, 0.05) is 5.39 Å². The lowest BCUT2D eigenvalue weighted by Gasteiger charge is -2.32. The highest BCUT2D eigenvalue weighted by Gasteiger charge is 2.55. The van der Waals surface area contributed by atoms with Crippen LogP contribution in [0, 0.1) is 41.5 Å². The third-order valence-electron chi connectivity index (χ3n) is 7.56. The summed E-state index contributed by atoms with van der Waals surface area (Å²) in [5, 5.41) is 4.00. The highest BCUT2D eigenvalue weighted by atomic mass is 32.2. The Morgan fingerprint density at radius 2 is 1.07 bits per heavy atom. The standard InChI is InChI=1S/C33H31F6NO3S/c1-18-14-20(3)27(21(4)15-18)29(32(34,35)36)31(30(33(37,38)39)28-22(5)16-19(2)17-23(28)6)40-43-44(41,42)26-13-9-11-24-10-7-8-12-25(24)26/h7-17,29-30H,1-6H3. The number of halogens is 6. The summed E-state index contributed by atoms with van der Waals surface area (Å²) in [7, 11) is -4.98. The number of benzene rings is 4. The smallest absolute Gasteiger partial charge is 0.265 e. The first kappa shape index (κ1) is 33.0. The second-order valence-electron chi connectivity index (χ2n) is 11.1. The van der Waals surface area contributed by atoms with Gasteiger partial charge in [-0.2, -0.15) is 34.8 Å². The van der Waals surface area contributed by atoms with E-state index >= 15 is 26.3 Å². The molecule has 4 aromatic carbocycles. The molecule has 0 amide bonds. The molecule has 0 N–H and O–H groups in total. The molecular formula is C33H31F6NO3S. The molecule has 0 aliphatic heterocycles. The monoisotopic (exact) mass is 635 g/mol. The Morgan fingerprint density at radius 1 is 0.659 bits per heavy atom. The largest absolute Gasteiger partial charge is 0.401 e. The van der Waals surface area contributed by atoms with Crippen LogP contribution in [0.15, 0.2) is 76.8 Å². The summed E-state index contributed by atoms with van der Waals surface area (Å²) in [4.78, 5) is -0.448. The van der Waals surface area contributed by atoms with Gasteiger partial charge in [0.05, 0.1) is 5.71 Å². The van der Waals surface area contributed by atoms with E-state index in [2.05, 4.69) is 5.16 Å². The highest BCUT2D eigenvalue weighted by molar-refractivity contribution is 7.87. The lowest BCUT2D eigenvalue weighted by Crippen LogP contribution is -2.40. The van der Waals surface area contributed by atoms with Crippen molar-refractivity contribution in [1.29, 1.82) is 0 Å². The molecule has 2 unspecified atom stereocenters. The van der Waals surface area contributed by atoms with Crippen LogP contribution in [-0.2, 0) is 14.4 Å². The molecule has 4 aromatic rings. The maximum Gasteiger partial charge on any atom is 0.401 e. The van der Waals surface area contributed by atoms with Crippen LogP contribution in [0.1, 0.15) is 56.3 Å². The predicted molar refractivity (Wildman–Crippen MR) is 159 cm³/mol. The topological polar surface area (TPSA) is 55.7 Å². The van der Waals surface area contributed by atoms with Gasteiger partial charge in [0.1, 0.15) is 16.7 Å². The van der Waals surface area contributed by atoms with Crippen LogP contribution in [0.5, 0.6) is 0 Å². The number of hydrogen-bond donors (Lipinski definition) is 0. The molecule has 234 valence electrons. The minimum absolute atomic E-state index is 0.0766. The van der Waals surface area contributed by atoms with Crippen molar-refractivity contribution in [1.82, 2.24) is 0 Å². The number of oxime groups is 1. The Labute approximate surface area is 252 Å². The number of rotatable bonds is 7. The Hall–Kier alpha value is -3.86. The predicted octanol–water partition coefficient (Wildman–Crippen LogP) is 9.44. The maximum atomic E-state index is 15.1. The van der Waals surface area contributed by atoms with Crippen LogP contribution in [0.25, 0.3) is 10.8 Å². The highest BCUT2D eigenvalue weighted by Crippen LogP contribution is 2.48. The normalized spacial score (nSPS) is 13.9. The molecule has 0 saturated heterocycles. The summed E-state index contributed by atoms with van der Waals surface area (Å²) >= 11 is 0. The molecule has 4 rings (SSSR count). The fraction of sp³-hybridized carbons (Fsp3) is 0.303. The molecule has 0 aliphatic carbocycles. The van der Waals surface area contributed by atoms with E-state index in [9.17, 15) is 8.42 Å². The zero-order valence-electron chi connectivity index (χ0n) is 24.9. The lowest BCUT2D eigenvalue weighted by molar-refractivity contribution is -0.148. The second-order valence-corrected chi connectivity index (χ2v) is 12.6. The number of fused-ring (bicyclic) bond motifs is 1. The van der Waals surface area contributed by atoms with Gasteiger partial charge in [-0.05, 0) is 86.4 Å². The van der Waals surface area contributed by atoms with Crippen molar-refractivity contribution >= 4 is 26.6 Å². The lowest BCUT2D eigenvalue weighted by atomic mass is 9.76. The van der Waals surface area contributed by atoms with Gasteiger partial charge in [0.2, 0.25) is 0 Å². The van der Waals surface area contributed by atoms with Crippen molar-refractivity contribution < 1.29 is 39.0 Å². The molecule has 0 fully saturated rings. The molecule has 0 heterocycles. The van der Waals surface area contributed by atoms with Gasteiger partial charge in [-0.15, -0.1) is 0 Å². The minimum atomic E-state index is -5.31. The van der Waals surface area contributed by atoms with E-state index in [-0.39, 0.29) is 27.6 Å². The van der Waals surface area contributed by atoms with Gasteiger partial charge in [-0.25, -0.2) is 0 Å². The zero-order chi connectivity index (χ0) is 32.8. The van der Waals surface area contributed by atoms with E-state index in [1.807, 2.05) is 0 Å². The number of alkyl halides is 6. The van der Waals surface area contributed by atoms with Crippen molar-refractivity contribution in [2.24, 2.45) is 5.16 Å². The van der Waals surface area contributed by atoms with E-state index in [0.29, 0.717) is 16.5 Å². The first-order valence-electron chi connectivity index (χ1n) is 13.6. The van der Waals surface area contributed by atoms with Crippen molar-refractivity contribution in [3.8, 4) is 0 Å². The Kier molecular flexibility index (Phi) is 8.94. The molecule has 4 nitrogen and oxygen atoms in total. The summed E-state index contributed by atoms with van der Waals surface area (Å²) in [5.41, 5.74) is -0.916. The minimum Gasteiger partial charge on any atom is -0.265 e. The Balaban J connectivity index is 2.08. The van der Waals surface area contributed by atoms with E-state index in [1.165, 1.54) is 64.1 Å². The number of hydrogen-bond acceptors (Lipinski definition) is 4. The molecule has 0 bridgehead atoms. The van der Waals surface area contributed by atoms with Crippen LogP contribution in [-0.4, -0.2) is 26.5 Å². The molecule has 44 heavy (non-hydrogen) atoms. The van der Waals surface area contributed by atoms with Crippen molar-refractivity contribution in [3.05, 3.63) is 111 Å². The summed E-state index contributed by atoms with van der Waals surface area (Å²) in [5.74, 6) is -5.89. The average molecular weight is 636 g/mol.